The third-order valence-corrected chi connectivity index (χ3v) is 7.94. The van der Waals surface area contributed by atoms with Gasteiger partial charge in [-0.1, -0.05) is 76.6 Å². The molecule has 3 heterocycles. The van der Waals surface area contributed by atoms with Gasteiger partial charge in [-0.05, 0) is 55.2 Å². The largest absolute Gasteiger partial charge is 0.484 e. The van der Waals surface area contributed by atoms with Crippen LogP contribution in [0.4, 0.5) is 10.6 Å². The van der Waals surface area contributed by atoms with Crippen LogP contribution in [0, 0.1) is 6.92 Å². The number of nitrogens with one attached hydrogen (secondary N) is 2. The van der Waals surface area contributed by atoms with Gasteiger partial charge in [-0.25, -0.2) is 9.48 Å². The summed E-state index contributed by atoms with van der Waals surface area (Å²) in [7, 11) is 0. The summed E-state index contributed by atoms with van der Waals surface area (Å²) in [5, 5.41) is 19.7. The maximum absolute atomic E-state index is 13.4. The normalized spacial score (nSPS) is 16.7. The maximum atomic E-state index is 13.4. The van der Waals surface area contributed by atoms with Gasteiger partial charge in [0.05, 0.1) is 23.6 Å². The number of aromatic nitrogens is 5. The number of pyridine rings is 1. The Morgan fingerprint density at radius 3 is 2.44 bits per heavy atom. The number of hydrogen-bond donors (Lipinski definition) is 2. The van der Waals surface area contributed by atoms with E-state index >= 15 is 0 Å². The van der Waals surface area contributed by atoms with Gasteiger partial charge < -0.3 is 10.1 Å². The van der Waals surface area contributed by atoms with E-state index in [1.165, 1.54) is 0 Å². The van der Waals surface area contributed by atoms with Crippen molar-refractivity contribution < 1.29 is 9.53 Å². The van der Waals surface area contributed by atoms with E-state index < -0.39 is 0 Å². The monoisotopic (exact) mass is 577 g/mol. The maximum Gasteiger partial charge on any atom is 0.320 e. The molecule has 0 fully saturated rings. The number of hydrogen-bond acceptors (Lipinski definition) is 5. The molecule has 9 heteroatoms. The number of aryl methyl sites for hydroxylation is 1. The molecule has 9 nitrogen and oxygen atoms in total. The summed E-state index contributed by atoms with van der Waals surface area (Å²) in [6.07, 6.45) is 3.33. The number of carbonyl (C=O) groups excluding carboxylic acids is 1. The Hall–Kier alpha value is -4.66. The molecule has 0 aliphatic heterocycles. The first-order valence-electron chi connectivity index (χ1n) is 14.9. The lowest BCUT2D eigenvalue weighted by atomic mass is 9.85. The number of anilines is 1. The molecule has 43 heavy (non-hydrogen) atoms. The summed E-state index contributed by atoms with van der Waals surface area (Å²) in [5.74, 6) is 2.53. The number of ether oxygens (including phenoxy) is 1. The zero-order chi connectivity index (χ0) is 30.3. The lowest BCUT2D eigenvalue weighted by Gasteiger charge is -2.32. The third-order valence-electron chi connectivity index (χ3n) is 7.94. The highest BCUT2D eigenvalue weighted by molar-refractivity contribution is 5.89. The quantitative estimate of drug-likeness (QED) is 0.219. The van der Waals surface area contributed by atoms with Crippen LogP contribution in [0.3, 0.4) is 0 Å². The van der Waals surface area contributed by atoms with Gasteiger partial charge in [0.25, 0.3) is 0 Å². The molecule has 0 saturated carbocycles. The van der Waals surface area contributed by atoms with Crippen LogP contribution in [0.25, 0.3) is 11.3 Å². The van der Waals surface area contributed by atoms with Crippen molar-refractivity contribution in [1.29, 1.82) is 0 Å². The zero-order valence-electron chi connectivity index (χ0n) is 25.6. The van der Waals surface area contributed by atoms with Crippen molar-refractivity contribution in [3.63, 3.8) is 0 Å². The molecule has 0 spiro atoms. The first kappa shape index (κ1) is 28.5. The molecule has 1 aliphatic carbocycles. The van der Waals surface area contributed by atoms with E-state index in [9.17, 15) is 4.79 Å². The van der Waals surface area contributed by atoms with E-state index in [4.69, 9.17) is 9.84 Å². The van der Waals surface area contributed by atoms with Crippen molar-refractivity contribution in [3.8, 4) is 11.4 Å². The van der Waals surface area contributed by atoms with E-state index in [1.54, 1.807) is 4.68 Å². The van der Waals surface area contributed by atoms with Gasteiger partial charge in [-0.2, -0.15) is 5.10 Å². The summed E-state index contributed by atoms with van der Waals surface area (Å²) in [6.45, 7) is 12.6. The van der Waals surface area contributed by atoms with Crippen molar-refractivity contribution in [2.24, 2.45) is 0 Å². The van der Waals surface area contributed by atoms with Crippen LogP contribution in [0.2, 0.25) is 0 Å². The third kappa shape index (κ3) is 5.84. The number of fused-ring (bicyclic) bond motifs is 2. The van der Waals surface area contributed by atoms with Crippen LogP contribution >= 0.6 is 0 Å². The van der Waals surface area contributed by atoms with Crippen LogP contribution in [0.15, 0.2) is 72.9 Å². The number of amides is 2. The standard InChI is InChI=1S/C34H39N7O2/c1-21(2)32-38-37-30-18-15-24(20-40(30)32)43-28-17-16-27(25-9-7-8-10-26(25)28)35-33(42)36-31-19-29(34(4,5)6)39-41(31)23-13-11-22(3)12-14-23/h7-15,18-21,27-28H,16-17H2,1-6H3,(H2,35,36,42)/t27-,28?/m0/s1. The van der Waals surface area contributed by atoms with E-state index in [0.717, 1.165) is 58.1 Å². The van der Waals surface area contributed by atoms with Crippen LogP contribution in [-0.4, -0.2) is 30.4 Å². The Balaban J connectivity index is 1.21. The topological polar surface area (TPSA) is 98.4 Å². The minimum absolute atomic E-state index is 0.133. The second-order valence-corrected chi connectivity index (χ2v) is 12.7. The van der Waals surface area contributed by atoms with E-state index in [-0.39, 0.29) is 29.5 Å². The Kier molecular flexibility index (Phi) is 7.42. The Morgan fingerprint density at radius 1 is 0.977 bits per heavy atom. The zero-order valence-corrected chi connectivity index (χ0v) is 25.6. The number of carbonyl (C=O) groups is 1. The molecule has 6 rings (SSSR count). The van der Waals surface area contributed by atoms with Crippen LogP contribution in [-0.2, 0) is 5.41 Å². The molecular formula is C34H39N7O2. The van der Waals surface area contributed by atoms with Gasteiger partial charge in [0.2, 0.25) is 0 Å². The second-order valence-electron chi connectivity index (χ2n) is 12.7. The summed E-state index contributed by atoms with van der Waals surface area (Å²) in [6, 6.07) is 21.7. The van der Waals surface area contributed by atoms with E-state index in [1.807, 2.05) is 65.2 Å². The van der Waals surface area contributed by atoms with Gasteiger partial charge in [-0.3, -0.25) is 9.72 Å². The van der Waals surface area contributed by atoms with Crippen molar-refractivity contribution in [2.45, 2.75) is 77.9 Å². The first-order chi connectivity index (χ1) is 20.6. The summed E-state index contributed by atoms with van der Waals surface area (Å²) < 4.78 is 10.3. The van der Waals surface area contributed by atoms with Gasteiger partial charge in [0.1, 0.15) is 23.5 Å². The van der Waals surface area contributed by atoms with Crippen molar-refractivity contribution >= 4 is 17.5 Å². The van der Waals surface area contributed by atoms with Crippen molar-refractivity contribution in [3.05, 3.63) is 101 Å². The Labute approximate surface area is 252 Å². The van der Waals surface area contributed by atoms with E-state index in [0.29, 0.717) is 5.82 Å². The molecule has 2 aromatic carbocycles. The fraction of sp³-hybridized carbons (Fsp3) is 0.353. The molecule has 1 aliphatic rings. The van der Waals surface area contributed by atoms with Crippen LogP contribution < -0.4 is 15.4 Å². The van der Waals surface area contributed by atoms with Crippen LogP contribution in [0.5, 0.6) is 5.75 Å². The Bertz CT molecular complexity index is 1760. The Morgan fingerprint density at radius 2 is 1.72 bits per heavy atom. The van der Waals surface area contributed by atoms with Gasteiger partial charge in [0.15, 0.2) is 5.65 Å². The predicted octanol–water partition coefficient (Wildman–Crippen LogP) is 7.42. The fourth-order valence-electron chi connectivity index (χ4n) is 5.57. The summed E-state index contributed by atoms with van der Waals surface area (Å²) in [4.78, 5) is 13.4. The van der Waals surface area contributed by atoms with Crippen LogP contribution in [0.1, 0.15) is 93.7 Å². The molecule has 0 radical (unpaired) electrons. The molecule has 5 aromatic rings. The minimum Gasteiger partial charge on any atom is -0.484 e. The highest BCUT2D eigenvalue weighted by atomic mass is 16.5. The van der Waals surface area contributed by atoms with Crippen molar-refractivity contribution in [2.75, 3.05) is 5.32 Å². The molecule has 222 valence electrons. The molecule has 2 N–H and O–H groups in total. The molecule has 0 bridgehead atoms. The lowest BCUT2D eigenvalue weighted by Crippen LogP contribution is -2.36. The lowest BCUT2D eigenvalue weighted by molar-refractivity contribution is 0.171. The molecule has 1 unspecified atom stereocenters. The smallest absolute Gasteiger partial charge is 0.320 e. The van der Waals surface area contributed by atoms with E-state index in [2.05, 4.69) is 74.5 Å². The summed E-state index contributed by atoms with van der Waals surface area (Å²) >= 11 is 0. The van der Waals surface area contributed by atoms with Gasteiger partial charge >= 0.3 is 6.03 Å². The number of benzene rings is 2. The second kappa shape index (κ2) is 11.2. The molecule has 0 saturated heterocycles. The SMILES string of the molecule is Cc1ccc(-n2nc(C(C)(C)C)cc2NC(=O)N[C@H]2CCC(Oc3ccc4nnc(C(C)C)n4c3)c3ccccc32)cc1. The first-order valence-corrected chi connectivity index (χ1v) is 14.9. The van der Waals surface area contributed by atoms with Crippen molar-refractivity contribution in [1.82, 2.24) is 29.7 Å². The van der Waals surface area contributed by atoms with Gasteiger partial charge in [0, 0.05) is 17.4 Å². The molecule has 3 aromatic heterocycles. The number of nitrogens with zero attached hydrogens (tertiary/aromatic N) is 5. The highest BCUT2D eigenvalue weighted by Gasteiger charge is 2.30. The highest BCUT2D eigenvalue weighted by Crippen LogP contribution is 2.39. The molecule has 2 amide bonds. The van der Waals surface area contributed by atoms with Gasteiger partial charge in [-0.15, -0.1) is 10.2 Å². The fourth-order valence-corrected chi connectivity index (χ4v) is 5.57. The number of urea groups is 1. The molecule has 2 atom stereocenters. The molecular weight excluding hydrogens is 538 g/mol. The summed E-state index contributed by atoms with van der Waals surface area (Å²) in [5.41, 5.74) is 5.72. The average molecular weight is 578 g/mol. The predicted molar refractivity (Wildman–Crippen MR) is 168 cm³/mol. The number of rotatable bonds is 6. The minimum atomic E-state index is -0.271. The average Bonchev–Trinajstić information content (AvgIpc) is 3.59.